The molecule has 1 aliphatic heterocycles. The van der Waals surface area contributed by atoms with E-state index in [4.69, 9.17) is 0 Å². The molecule has 0 aromatic carbocycles. The molecule has 10 heavy (non-hydrogen) atoms. The van der Waals surface area contributed by atoms with Crippen molar-refractivity contribution in [2.24, 2.45) is 0 Å². The first kappa shape index (κ1) is 7.32. The van der Waals surface area contributed by atoms with E-state index in [1.54, 1.807) is 13.0 Å². The summed E-state index contributed by atoms with van der Waals surface area (Å²) in [5.74, 6) is 0.136. The van der Waals surface area contributed by atoms with Crippen molar-refractivity contribution in [2.75, 3.05) is 0 Å². The zero-order valence-corrected chi connectivity index (χ0v) is 6.48. The van der Waals surface area contributed by atoms with Gasteiger partial charge in [0.2, 0.25) is 0 Å². The molecule has 2 heteroatoms. The standard InChI is InChI=1S/C8H13NO/c1-6-3-4-8(9-6)5-7(2)10/h5-6,9H,3-4H2,1-2H3. The molecule has 1 aliphatic rings. The summed E-state index contributed by atoms with van der Waals surface area (Å²) in [6.07, 6.45) is 3.86. The molecule has 0 aromatic heterocycles. The fourth-order valence-electron chi connectivity index (χ4n) is 1.19. The van der Waals surface area contributed by atoms with Crippen LogP contribution in [-0.2, 0) is 4.79 Å². The Morgan fingerprint density at radius 1 is 1.80 bits per heavy atom. The van der Waals surface area contributed by atoms with E-state index >= 15 is 0 Å². The van der Waals surface area contributed by atoms with E-state index in [1.807, 2.05) is 0 Å². The van der Waals surface area contributed by atoms with Crippen LogP contribution in [0.25, 0.3) is 0 Å². The van der Waals surface area contributed by atoms with Gasteiger partial charge in [-0.3, -0.25) is 4.79 Å². The lowest BCUT2D eigenvalue weighted by atomic mass is 10.2. The Morgan fingerprint density at radius 2 is 2.50 bits per heavy atom. The molecule has 0 aliphatic carbocycles. The van der Waals surface area contributed by atoms with E-state index in [1.165, 1.54) is 0 Å². The molecule has 1 N–H and O–H groups in total. The van der Waals surface area contributed by atoms with Gasteiger partial charge in [-0.1, -0.05) is 0 Å². The minimum Gasteiger partial charge on any atom is -0.386 e. The molecule has 2 nitrogen and oxygen atoms in total. The third-order valence-corrected chi connectivity index (χ3v) is 1.66. The Hall–Kier alpha value is -0.790. The summed E-state index contributed by atoms with van der Waals surface area (Å²) in [6.45, 7) is 3.71. The van der Waals surface area contributed by atoms with Crippen molar-refractivity contribution in [3.63, 3.8) is 0 Å². The molecule has 1 fully saturated rings. The van der Waals surface area contributed by atoms with Crippen LogP contribution in [0, 0.1) is 0 Å². The number of ketones is 1. The van der Waals surface area contributed by atoms with Gasteiger partial charge in [0.15, 0.2) is 5.78 Å². The molecule has 1 atom stereocenters. The van der Waals surface area contributed by atoms with Crippen LogP contribution in [0.1, 0.15) is 26.7 Å². The number of allylic oxidation sites excluding steroid dienone is 2. The van der Waals surface area contributed by atoms with Gasteiger partial charge < -0.3 is 5.32 Å². The van der Waals surface area contributed by atoms with Crippen molar-refractivity contribution in [2.45, 2.75) is 32.7 Å². The maximum Gasteiger partial charge on any atom is 0.154 e. The second-order valence-corrected chi connectivity index (χ2v) is 2.86. The predicted molar refractivity (Wildman–Crippen MR) is 40.6 cm³/mol. The van der Waals surface area contributed by atoms with Crippen LogP contribution in [0.2, 0.25) is 0 Å². The van der Waals surface area contributed by atoms with Crippen molar-refractivity contribution < 1.29 is 4.79 Å². The largest absolute Gasteiger partial charge is 0.386 e. The van der Waals surface area contributed by atoms with Crippen LogP contribution in [-0.4, -0.2) is 11.8 Å². The number of nitrogens with one attached hydrogen (secondary N) is 1. The van der Waals surface area contributed by atoms with Crippen molar-refractivity contribution in [3.8, 4) is 0 Å². The van der Waals surface area contributed by atoms with Crippen LogP contribution in [0.15, 0.2) is 11.8 Å². The first-order valence-electron chi connectivity index (χ1n) is 3.66. The molecule has 1 rings (SSSR count). The third-order valence-electron chi connectivity index (χ3n) is 1.66. The molecular weight excluding hydrogens is 126 g/mol. The van der Waals surface area contributed by atoms with Gasteiger partial charge in [-0.2, -0.15) is 0 Å². The summed E-state index contributed by atoms with van der Waals surface area (Å²) < 4.78 is 0. The summed E-state index contributed by atoms with van der Waals surface area (Å²) in [7, 11) is 0. The minimum absolute atomic E-state index is 0.136. The van der Waals surface area contributed by atoms with Gasteiger partial charge in [-0.25, -0.2) is 0 Å². The summed E-state index contributed by atoms with van der Waals surface area (Å²) >= 11 is 0. The topological polar surface area (TPSA) is 29.1 Å². The molecule has 0 spiro atoms. The highest BCUT2D eigenvalue weighted by Crippen LogP contribution is 2.14. The van der Waals surface area contributed by atoms with E-state index in [-0.39, 0.29) is 5.78 Å². The van der Waals surface area contributed by atoms with Gasteiger partial charge >= 0.3 is 0 Å². The zero-order valence-electron chi connectivity index (χ0n) is 6.48. The lowest BCUT2D eigenvalue weighted by Gasteiger charge is -2.01. The second kappa shape index (κ2) is 2.86. The molecule has 0 radical (unpaired) electrons. The Morgan fingerprint density at radius 3 is 2.90 bits per heavy atom. The van der Waals surface area contributed by atoms with E-state index in [2.05, 4.69) is 12.2 Å². The quantitative estimate of drug-likeness (QED) is 0.553. The fraction of sp³-hybridized carbons (Fsp3) is 0.625. The Bertz CT molecular complexity index is 172. The van der Waals surface area contributed by atoms with Gasteiger partial charge in [0.1, 0.15) is 0 Å². The molecule has 0 aromatic rings. The van der Waals surface area contributed by atoms with Gasteiger partial charge in [0.05, 0.1) is 0 Å². The summed E-state index contributed by atoms with van der Waals surface area (Å²) in [5.41, 5.74) is 1.10. The fourth-order valence-corrected chi connectivity index (χ4v) is 1.19. The highest BCUT2D eigenvalue weighted by molar-refractivity contribution is 5.87. The maximum atomic E-state index is 10.6. The maximum absolute atomic E-state index is 10.6. The molecule has 1 heterocycles. The molecule has 1 saturated heterocycles. The Kier molecular flexibility index (Phi) is 2.10. The summed E-state index contributed by atoms with van der Waals surface area (Å²) in [4.78, 5) is 10.6. The Labute approximate surface area is 61.3 Å². The number of hydrogen-bond acceptors (Lipinski definition) is 2. The average molecular weight is 139 g/mol. The van der Waals surface area contributed by atoms with Crippen molar-refractivity contribution in [3.05, 3.63) is 11.8 Å². The number of hydrogen-bond donors (Lipinski definition) is 1. The van der Waals surface area contributed by atoms with E-state index in [9.17, 15) is 4.79 Å². The van der Waals surface area contributed by atoms with E-state index in [0.29, 0.717) is 6.04 Å². The number of rotatable bonds is 1. The van der Waals surface area contributed by atoms with Crippen LogP contribution in [0.5, 0.6) is 0 Å². The first-order chi connectivity index (χ1) is 4.68. The highest BCUT2D eigenvalue weighted by atomic mass is 16.1. The molecular formula is C8H13NO. The number of carbonyl (C=O) groups is 1. The smallest absolute Gasteiger partial charge is 0.154 e. The predicted octanol–water partition coefficient (Wildman–Crippen LogP) is 1.23. The third kappa shape index (κ3) is 1.87. The van der Waals surface area contributed by atoms with Crippen molar-refractivity contribution in [1.29, 1.82) is 0 Å². The van der Waals surface area contributed by atoms with Gasteiger partial charge in [-0.15, -0.1) is 0 Å². The van der Waals surface area contributed by atoms with Crippen LogP contribution >= 0.6 is 0 Å². The lowest BCUT2D eigenvalue weighted by Crippen LogP contribution is -2.15. The monoisotopic (exact) mass is 139 g/mol. The van der Waals surface area contributed by atoms with Crippen LogP contribution in [0.4, 0.5) is 0 Å². The normalized spacial score (nSPS) is 28.6. The van der Waals surface area contributed by atoms with Crippen LogP contribution < -0.4 is 5.32 Å². The molecule has 0 amide bonds. The van der Waals surface area contributed by atoms with Crippen LogP contribution in [0.3, 0.4) is 0 Å². The lowest BCUT2D eigenvalue weighted by molar-refractivity contribution is -0.112. The van der Waals surface area contributed by atoms with Crippen molar-refractivity contribution in [1.82, 2.24) is 5.32 Å². The molecule has 0 bridgehead atoms. The van der Waals surface area contributed by atoms with Crippen molar-refractivity contribution >= 4 is 5.78 Å². The van der Waals surface area contributed by atoms with E-state index < -0.39 is 0 Å². The SMILES string of the molecule is CC(=O)C=C1CCC(C)N1. The first-order valence-corrected chi connectivity index (χ1v) is 3.66. The molecule has 1 unspecified atom stereocenters. The minimum atomic E-state index is 0.136. The average Bonchev–Trinajstić information content (AvgIpc) is 2.13. The summed E-state index contributed by atoms with van der Waals surface area (Å²) in [6, 6.07) is 0.547. The number of carbonyl (C=O) groups excluding carboxylic acids is 1. The van der Waals surface area contributed by atoms with Gasteiger partial charge in [0.25, 0.3) is 0 Å². The second-order valence-electron chi connectivity index (χ2n) is 2.86. The molecule has 0 saturated carbocycles. The Balaban J connectivity index is 2.51. The molecule has 56 valence electrons. The van der Waals surface area contributed by atoms with Gasteiger partial charge in [0, 0.05) is 11.7 Å². The zero-order chi connectivity index (χ0) is 7.56. The van der Waals surface area contributed by atoms with Gasteiger partial charge in [-0.05, 0) is 32.8 Å². The highest BCUT2D eigenvalue weighted by Gasteiger charge is 2.12. The van der Waals surface area contributed by atoms with E-state index in [0.717, 1.165) is 18.5 Å². The summed E-state index contributed by atoms with van der Waals surface area (Å²) in [5, 5.41) is 3.23.